The van der Waals surface area contributed by atoms with Gasteiger partial charge in [-0.2, -0.15) is 0 Å². The Balaban J connectivity index is 2.05. The van der Waals surface area contributed by atoms with Crippen LogP contribution in [0.3, 0.4) is 0 Å². The number of rotatable bonds is 11. The minimum Gasteiger partial charge on any atom is -0.352 e. The molecule has 2 amide bonds. The number of nitrogens with one attached hydrogen (secondary N) is 1. The highest BCUT2D eigenvalue weighted by atomic mass is 35.5. The topological polar surface area (TPSA) is 86.8 Å². The number of amides is 2. The molecule has 1 N–H and O–H groups in total. The van der Waals surface area contributed by atoms with E-state index < -0.39 is 28.5 Å². The normalized spacial score (nSPS) is 12.1. The van der Waals surface area contributed by atoms with Gasteiger partial charge >= 0.3 is 0 Å². The third-order valence-corrected chi connectivity index (χ3v) is 7.84. The molecule has 7 nitrogen and oxygen atoms in total. The molecule has 0 heterocycles. The highest BCUT2D eigenvalue weighted by Crippen LogP contribution is 2.30. The van der Waals surface area contributed by atoms with Crippen LogP contribution in [0.2, 0.25) is 5.02 Å². The van der Waals surface area contributed by atoms with Gasteiger partial charge in [0.05, 0.1) is 15.6 Å². The smallest absolute Gasteiger partial charge is 0.264 e. The predicted octanol–water partition coefficient (Wildman–Crippen LogP) is 4.87. The van der Waals surface area contributed by atoms with Crippen molar-refractivity contribution in [2.75, 3.05) is 10.8 Å². The van der Waals surface area contributed by atoms with Gasteiger partial charge in [-0.1, -0.05) is 79.2 Å². The highest BCUT2D eigenvalue weighted by molar-refractivity contribution is 7.92. The number of para-hydroxylation sites is 1. The van der Waals surface area contributed by atoms with E-state index in [1.54, 1.807) is 42.5 Å². The van der Waals surface area contributed by atoms with Crippen LogP contribution in [0, 0.1) is 0 Å². The zero-order valence-corrected chi connectivity index (χ0v) is 22.7. The first-order valence-corrected chi connectivity index (χ1v) is 13.9. The van der Waals surface area contributed by atoms with Crippen LogP contribution in [0.5, 0.6) is 0 Å². The third kappa shape index (κ3) is 7.11. The molecule has 1 atom stereocenters. The summed E-state index contributed by atoms with van der Waals surface area (Å²) < 4.78 is 28.5. The number of hydrogen-bond donors (Lipinski definition) is 1. The number of halogens is 1. The van der Waals surface area contributed by atoms with Crippen molar-refractivity contribution >= 4 is 39.1 Å². The van der Waals surface area contributed by atoms with E-state index in [4.69, 9.17) is 11.6 Å². The van der Waals surface area contributed by atoms with E-state index >= 15 is 0 Å². The van der Waals surface area contributed by atoms with E-state index in [2.05, 4.69) is 5.32 Å². The lowest BCUT2D eigenvalue weighted by atomic mass is 10.1. The van der Waals surface area contributed by atoms with Gasteiger partial charge in [0.1, 0.15) is 12.6 Å². The number of sulfonamides is 1. The van der Waals surface area contributed by atoms with E-state index in [9.17, 15) is 18.0 Å². The molecule has 9 heteroatoms. The van der Waals surface area contributed by atoms with Crippen LogP contribution in [-0.2, 0) is 26.2 Å². The fourth-order valence-electron chi connectivity index (χ4n) is 3.97. The quantitative estimate of drug-likeness (QED) is 0.375. The van der Waals surface area contributed by atoms with Crippen LogP contribution in [0.4, 0.5) is 5.69 Å². The van der Waals surface area contributed by atoms with Crippen molar-refractivity contribution in [1.82, 2.24) is 10.2 Å². The molecule has 0 saturated carbocycles. The average Bonchev–Trinajstić information content (AvgIpc) is 2.88. The molecule has 37 heavy (non-hydrogen) atoms. The molecule has 0 radical (unpaired) electrons. The summed E-state index contributed by atoms with van der Waals surface area (Å²) in [6.07, 6.45) is 0.356. The summed E-state index contributed by atoms with van der Waals surface area (Å²) in [4.78, 5) is 28.5. The molecular weight excluding hydrogens is 510 g/mol. The van der Waals surface area contributed by atoms with Crippen molar-refractivity contribution in [2.45, 2.75) is 50.7 Å². The van der Waals surface area contributed by atoms with E-state index in [0.29, 0.717) is 6.42 Å². The van der Waals surface area contributed by atoms with Gasteiger partial charge in [-0.05, 0) is 50.1 Å². The summed E-state index contributed by atoms with van der Waals surface area (Å²) in [6.45, 7) is 5.13. The Kier molecular flexibility index (Phi) is 9.72. The van der Waals surface area contributed by atoms with Crippen molar-refractivity contribution in [1.29, 1.82) is 0 Å². The van der Waals surface area contributed by atoms with Crippen LogP contribution in [0.1, 0.15) is 32.8 Å². The first kappa shape index (κ1) is 28.2. The maximum absolute atomic E-state index is 13.9. The molecule has 0 spiro atoms. The molecule has 3 rings (SSSR count). The van der Waals surface area contributed by atoms with Gasteiger partial charge in [0.2, 0.25) is 11.8 Å². The Bertz CT molecular complexity index is 1300. The minimum absolute atomic E-state index is 0.0296. The van der Waals surface area contributed by atoms with Crippen LogP contribution >= 0.6 is 11.6 Å². The lowest BCUT2D eigenvalue weighted by molar-refractivity contribution is -0.140. The number of carbonyl (C=O) groups is 2. The Morgan fingerprint density at radius 2 is 1.46 bits per heavy atom. The zero-order chi connectivity index (χ0) is 27.0. The Morgan fingerprint density at radius 3 is 2.03 bits per heavy atom. The number of carbonyl (C=O) groups excluding carboxylic acids is 2. The van der Waals surface area contributed by atoms with Crippen molar-refractivity contribution in [3.05, 3.63) is 95.5 Å². The molecule has 0 aromatic heterocycles. The number of anilines is 1. The number of benzene rings is 3. The zero-order valence-electron chi connectivity index (χ0n) is 21.2. The second-order valence-electron chi connectivity index (χ2n) is 8.87. The summed E-state index contributed by atoms with van der Waals surface area (Å²) in [6, 6.07) is 22.7. The molecule has 196 valence electrons. The first-order chi connectivity index (χ1) is 17.6. The number of nitrogens with zero attached hydrogens (tertiary/aromatic N) is 2. The monoisotopic (exact) mass is 541 g/mol. The molecule has 0 saturated heterocycles. The molecular formula is C28H32ClN3O4S. The van der Waals surface area contributed by atoms with Crippen LogP contribution in [0.15, 0.2) is 89.8 Å². The summed E-state index contributed by atoms with van der Waals surface area (Å²) in [5.74, 6) is -0.814. The Morgan fingerprint density at radius 1 is 0.892 bits per heavy atom. The lowest BCUT2D eigenvalue weighted by Gasteiger charge is -2.33. The van der Waals surface area contributed by atoms with Gasteiger partial charge in [-0.25, -0.2) is 8.42 Å². The summed E-state index contributed by atoms with van der Waals surface area (Å²) in [5.41, 5.74) is 1.00. The van der Waals surface area contributed by atoms with E-state index in [0.717, 1.165) is 9.87 Å². The molecule has 0 bridgehead atoms. The Hall–Kier alpha value is -3.36. The van der Waals surface area contributed by atoms with Gasteiger partial charge in [0.15, 0.2) is 0 Å². The van der Waals surface area contributed by atoms with Gasteiger partial charge in [0, 0.05) is 12.6 Å². The van der Waals surface area contributed by atoms with E-state index in [1.165, 1.54) is 17.0 Å². The van der Waals surface area contributed by atoms with Gasteiger partial charge in [0.25, 0.3) is 10.0 Å². The minimum atomic E-state index is -4.15. The maximum Gasteiger partial charge on any atom is 0.264 e. The molecule has 0 aliphatic heterocycles. The first-order valence-electron chi connectivity index (χ1n) is 12.1. The summed E-state index contributed by atoms with van der Waals surface area (Å²) in [5, 5.41) is 3.07. The second kappa shape index (κ2) is 12.7. The van der Waals surface area contributed by atoms with Gasteiger partial charge in [-0.15, -0.1) is 0 Å². The largest absolute Gasteiger partial charge is 0.352 e. The SMILES string of the molecule is CC[C@@H](C(=O)NC(C)C)N(Cc1ccccc1)C(=O)CN(c1ccccc1Cl)S(=O)(=O)c1ccccc1. The second-order valence-corrected chi connectivity index (χ2v) is 11.1. The van der Waals surface area contributed by atoms with Crippen molar-refractivity contribution in [3.63, 3.8) is 0 Å². The standard InChI is InChI=1S/C28H32ClN3O4S/c1-4-25(28(34)30-21(2)3)31(19-22-13-7-5-8-14-22)27(33)20-32(26-18-12-11-17-24(26)29)37(35,36)23-15-9-6-10-16-23/h5-18,21,25H,4,19-20H2,1-3H3,(H,30,34)/t25-/m0/s1. The summed E-state index contributed by atoms with van der Waals surface area (Å²) in [7, 11) is -4.15. The fourth-order valence-corrected chi connectivity index (χ4v) is 5.71. The molecule has 3 aromatic rings. The van der Waals surface area contributed by atoms with Gasteiger partial charge in [-0.3, -0.25) is 13.9 Å². The van der Waals surface area contributed by atoms with Crippen molar-refractivity contribution in [2.24, 2.45) is 0 Å². The van der Waals surface area contributed by atoms with Gasteiger partial charge < -0.3 is 10.2 Å². The highest BCUT2D eigenvalue weighted by Gasteiger charge is 2.34. The molecule has 0 unspecified atom stereocenters. The summed E-state index contributed by atoms with van der Waals surface area (Å²) >= 11 is 6.41. The van der Waals surface area contributed by atoms with Crippen LogP contribution in [0.25, 0.3) is 0 Å². The van der Waals surface area contributed by atoms with Crippen LogP contribution in [-0.4, -0.2) is 43.8 Å². The predicted molar refractivity (Wildman–Crippen MR) is 147 cm³/mol. The van der Waals surface area contributed by atoms with E-state index in [1.807, 2.05) is 51.1 Å². The Labute approximate surface area is 224 Å². The average molecular weight is 542 g/mol. The molecule has 0 aliphatic carbocycles. The van der Waals surface area contributed by atoms with Crippen molar-refractivity contribution in [3.8, 4) is 0 Å². The number of hydrogen-bond acceptors (Lipinski definition) is 4. The third-order valence-electron chi connectivity index (χ3n) is 5.74. The fraction of sp³-hybridized carbons (Fsp3) is 0.286. The van der Waals surface area contributed by atoms with E-state index in [-0.39, 0.29) is 34.1 Å². The molecule has 0 fully saturated rings. The maximum atomic E-state index is 13.9. The van der Waals surface area contributed by atoms with Crippen LogP contribution < -0.4 is 9.62 Å². The molecule has 0 aliphatic rings. The lowest BCUT2D eigenvalue weighted by Crippen LogP contribution is -2.53. The van der Waals surface area contributed by atoms with Crippen molar-refractivity contribution < 1.29 is 18.0 Å². The molecule has 3 aromatic carbocycles.